The second-order valence-electron chi connectivity index (χ2n) is 9.04. The number of rotatable bonds is 10. The molecule has 1 unspecified atom stereocenters. The van der Waals surface area contributed by atoms with Crippen LogP contribution in [-0.4, -0.2) is 31.9 Å². The number of tetrazole rings is 1. The first kappa shape index (κ1) is 24.8. The van der Waals surface area contributed by atoms with Crippen LogP contribution >= 0.6 is 0 Å². The highest BCUT2D eigenvalue weighted by Crippen LogP contribution is 2.25. The fourth-order valence-corrected chi connectivity index (χ4v) is 3.93. The molecular weight excluding hydrogens is 454 g/mol. The summed E-state index contributed by atoms with van der Waals surface area (Å²) in [5, 5.41) is 15.7. The van der Waals surface area contributed by atoms with Gasteiger partial charge in [-0.05, 0) is 47.9 Å². The molecule has 0 saturated heterocycles. The molecule has 4 aromatic rings. The third kappa shape index (κ3) is 5.66. The van der Waals surface area contributed by atoms with Crippen LogP contribution in [0.2, 0.25) is 0 Å². The van der Waals surface area contributed by atoms with Crippen LogP contribution < -0.4 is 10.1 Å². The fourth-order valence-electron chi connectivity index (χ4n) is 3.93. The number of carbonyl (C=O) groups is 2. The molecule has 1 amide bonds. The number of aromatic nitrogens is 4. The molecule has 184 valence electrons. The topological polar surface area (TPSA) is 99.0 Å². The number of nitrogens with one attached hydrogen (secondary N) is 1. The Balaban J connectivity index is 1.56. The van der Waals surface area contributed by atoms with E-state index in [2.05, 4.69) is 20.7 Å². The molecule has 0 radical (unpaired) electrons. The van der Waals surface area contributed by atoms with Crippen LogP contribution in [0.5, 0.6) is 5.75 Å². The van der Waals surface area contributed by atoms with E-state index in [9.17, 15) is 9.59 Å². The van der Waals surface area contributed by atoms with E-state index in [1.165, 1.54) is 11.7 Å². The van der Waals surface area contributed by atoms with Gasteiger partial charge in [0, 0.05) is 17.5 Å². The summed E-state index contributed by atoms with van der Waals surface area (Å²) in [4.78, 5) is 27.5. The molecule has 0 aliphatic carbocycles. The molecular formula is C28H29N5O3. The molecule has 0 bridgehead atoms. The molecule has 1 N–H and O–H groups in total. The SMILES string of the molecule is CC(=O)C(CC(C)C)(NC(=O)c1ccc(OCc2ccccc2)cc1)n1nnc(-c2ccccc2)n1. The molecule has 8 heteroatoms. The molecule has 36 heavy (non-hydrogen) atoms. The van der Waals surface area contributed by atoms with Crippen LogP contribution in [0, 0.1) is 5.92 Å². The van der Waals surface area contributed by atoms with Crippen molar-refractivity contribution in [3.05, 3.63) is 96.1 Å². The number of ether oxygens (including phenoxy) is 1. The zero-order valence-electron chi connectivity index (χ0n) is 20.6. The first-order valence-electron chi connectivity index (χ1n) is 11.8. The minimum Gasteiger partial charge on any atom is -0.489 e. The van der Waals surface area contributed by atoms with Crippen LogP contribution in [-0.2, 0) is 17.1 Å². The fraction of sp³-hybridized carbons (Fsp3) is 0.250. The highest BCUT2D eigenvalue weighted by Gasteiger charge is 2.42. The zero-order valence-corrected chi connectivity index (χ0v) is 20.6. The van der Waals surface area contributed by atoms with Crippen molar-refractivity contribution in [2.24, 2.45) is 5.92 Å². The minimum absolute atomic E-state index is 0.0640. The Labute approximate surface area is 210 Å². The van der Waals surface area contributed by atoms with Gasteiger partial charge in [0.15, 0.2) is 5.78 Å². The molecule has 4 rings (SSSR count). The van der Waals surface area contributed by atoms with Gasteiger partial charge in [0.25, 0.3) is 5.91 Å². The van der Waals surface area contributed by atoms with Gasteiger partial charge in [0.1, 0.15) is 12.4 Å². The maximum absolute atomic E-state index is 13.3. The van der Waals surface area contributed by atoms with Crippen molar-refractivity contribution in [1.82, 2.24) is 25.5 Å². The van der Waals surface area contributed by atoms with E-state index in [1.807, 2.05) is 74.5 Å². The number of nitrogens with zero attached hydrogens (tertiary/aromatic N) is 4. The average molecular weight is 484 g/mol. The van der Waals surface area contributed by atoms with E-state index in [1.54, 1.807) is 24.3 Å². The van der Waals surface area contributed by atoms with Gasteiger partial charge in [-0.2, -0.15) is 0 Å². The number of benzene rings is 3. The van der Waals surface area contributed by atoms with Gasteiger partial charge in [0.2, 0.25) is 11.5 Å². The largest absolute Gasteiger partial charge is 0.489 e. The summed E-state index contributed by atoms with van der Waals surface area (Å²) in [6.07, 6.45) is 0.303. The number of amides is 1. The number of carbonyl (C=O) groups excluding carboxylic acids is 2. The van der Waals surface area contributed by atoms with Crippen molar-refractivity contribution in [1.29, 1.82) is 0 Å². The Kier molecular flexibility index (Phi) is 7.53. The molecule has 0 fully saturated rings. The molecule has 0 aliphatic rings. The summed E-state index contributed by atoms with van der Waals surface area (Å²) >= 11 is 0. The Morgan fingerprint density at radius 2 is 1.58 bits per heavy atom. The zero-order chi connectivity index (χ0) is 25.5. The second kappa shape index (κ2) is 10.9. The first-order chi connectivity index (χ1) is 17.4. The van der Waals surface area contributed by atoms with Gasteiger partial charge in [-0.1, -0.05) is 74.5 Å². The molecule has 0 aliphatic heterocycles. The second-order valence-corrected chi connectivity index (χ2v) is 9.04. The molecule has 1 atom stereocenters. The monoisotopic (exact) mass is 483 g/mol. The van der Waals surface area contributed by atoms with Crippen molar-refractivity contribution >= 4 is 11.7 Å². The van der Waals surface area contributed by atoms with Gasteiger partial charge in [-0.3, -0.25) is 9.59 Å². The number of ketones is 1. The molecule has 1 heterocycles. The summed E-state index contributed by atoms with van der Waals surface area (Å²) in [7, 11) is 0. The summed E-state index contributed by atoms with van der Waals surface area (Å²) in [5.74, 6) is 0.373. The number of hydrogen-bond acceptors (Lipinski definition) is 6. The van der Waals surface area contributed by atoms with Crippen molar-refractivity contribution in [2.45, 2.75) is 39.5 Å². The van der Waals surface area contributed by atoms with Crippen LogP contribution in [0.4, 0.5) is 0 Å². The van der Waals surface area contributed by atoms with Gasteiger partial charge >= 0.3 is 0 Å². The van der Waals surface area contributed by atoms with Crippen molar-refractivity contribution in [2.75, 3.05) is 0 Å². The normalized spacial score (nSPS) is 12.7. The third-order valence-corrected chi connectivity index (χ3v) is 5.76. The molecule has 0 saturated carbocycles. The highest BCUT2D eigenvalue weighted by molar-refractivity contribution is 5.98. The van der Waals surface area contributed by atoms with E-state index >= 15 is 0 Å². The maximum atomic E-state index is 13.3. The Bertz CT molecular complexity index is 1300. The smallest absolute Gasteiger partial charge is 0.253 e. The number of hydrogen-bond donors (Lipinski definition) is 1. The van der Waals surface area contributed by atoms with E-state index in [0.717, 1.165) is 11.1 Å². The lowest BCUT2D eigenvalue weighted by atomic mass is 9.93. The van der Waals surface area contributed by atoms with Gasteiger partial charge < -0.3 is 10.1 Å². The Hall–Kier alpha value is -4.33. The van der Waals surface area contributed by atoms with Crippen molar-refractivity contribution in [3.63, 3.8) is 0 Å². The molecule has 1 aromatic heterocycles. The summed E-state index contributed by atoms with van der Waals surface area (Å²) < 4.78 is 5.81. The summed E-state index contributed by atoms with van der Waals surface area (Å²) in [5.41, 5.74) is 0.728. The van der Waals surface area contributed by atoms with E-state index < -0.39 is 11.6 Å². The van der Waals surface area contributed by atoms with Crippen LogP contribution in [0.3, 0.4) is 0 Å². The van der Waals surface area contributed by atoms with E-state index in [-0.39, 0.29) is 11.7 Å². The lowest BCUT2D eigenvalue weighted by Crippen LogP contribution is -2.57. The minimum atomic E-state index is -1.48. The van der Waals surface area contributed by atoms with E-state index in [0.29, 0.717) is 30.2 Å². The predicted octanol–water partition coefficient (Wildman–Crippen LogP) is 4.64. The van der Waals surface area contributed by atoms with Crippen LogP contribution in [0.25, 0.3) is 11.4 Å². The average Bonchev–Trinajstić information content (AvgIpc) is 3.39. The van der Waals surface area contributed by atoms with Crippen LogP contribution in [0.1, 0.15) is 43.1 Å². The molecule has 3 aromatic carbocycles. The summed E-state index contributed by atoms with van der Waals surface area (Å²) in [6, 6.07) is 26.0. The lowest BCUT2D eigenvalue weighted by Gasteiger charge is -2.32. The molecule has 8 nitrogen and oxygen atoms in total. The summed E-state index contributed by atoms with van der Waals surface area (Å²) in [6.45, 7) is 5.79. The van der Waals surface area contributed by atoms with Gasteiger partial charge in [-0.25, -0.2) is 0 Å². The van der Waals surface area contributed by atoms with Gasteiger partial charge in [-0.15, -0.1) is 15.0 Å². The maximum Gasteiger partial charge on any atom is 0.253 e. The van der Waals surface area contributed by atoms with Crippen molar-refractivity contribution in [3.8, 4) is 17.1 Å². The lowest BCUT2D eigenvalue weighted by molar-refractivity contribution is -0.129. The van der Waals surface area contributed by atoms with E-state index in [4.69, 9.17) is 4.74 Å². The predicted molar refractivity (Wildman–Crippen MR) is 136 cm³/mol. The standard InChI is InChI=1S/C28H29N5O3/c1-20(2)18-28(21(3)34,33-31-26(30-32-33)23-12-8-5-9-13-23)29-27(35)24-14-16-25(17-15-24)36-19-22-10-6-4-7-11-22/h4-17,20H,18-19H2,1-3H3,(H,29,35). The molecule has 0 spiro atoms. The first-order valence-corrected chi connectivity index (χ1v) is 11.8. The Morgan fingerprint density at radius 1 is 0.944 bits per heavy atom. The van der Waals surface area contributed by atoms with Gasteiger partial charge in [0.05, 0.1) is 0 Å². The quantitative estimate of drug-likeness (QED) is 0.353. The Morgan fingerprint density at radius 3 is 2.19 bits per heavy atom. The highest BCUT2D eigenvalue weighted by atomic mass is 16.5. The van der Waals surface area contributed by atoms with Crippen LogP contribution in [0.15, 0.2) is 84.9 Å². The third-order valence-electron chi connectivity index (χ3n) is 5.76. The number of Topliss-reactive ketones (excluding diaryl/α,β-unsaturated/α-hetero) is 1. The van der Waals surface area contributed by atoms with Crippen molar-refractivity contribution < 1.29 is 14.3 Å².